The highest BCUT2D eigenvalue weighted by Gasteiger charge is 2.14. The smallest absolute Gasteiger partial charge is 0.135 e. The predicted molar refractivity (Wildman–Crippen MR) is 60.6 cm³/mol. The molecular formula is C12H14N2O2. The van der Waals surface area contributed by atoms with Crippen LogP contribution in [0, 0.1) is 18.3 Å². The van der Waals surface area contributed by atoms with Gasteiger partial charge in [0.05, 0.1) is 18.8 Å². The van der Waals surface area contributed by atoms with E-state index in [2.05, 4.69) is 4.90 Å². The van der Waals surface area contributed by atoms with Crippen molar-refractivity contribution in [1.29, 1.82) is 5.26 Å². The second-order valence-corrected chi connectivity index (χ2v) is 3.87. The molecule has 4 heteroatoms. The molecule has 1 aromatic carbocycles. The van der Waals surface area contributed by atoms with Crippen LogP contribution in [0.25, 0.3) is 0 Å². The van der Waals surface area contributed by atoms with Crippen LogP contribution in [0.5, 0.6) is 5.75 Å². The summed E-state index contributed by atoms with van der Waals surface area (Å²) in [7, 11) is 0. The van der Waals surface area contributed by atoms with Gasteiger partial charge in [-0.25, -0.2) is 0 Å². The Morgan fingerprint density at radius 2 is 2.06 bits per heavy atom. The zero-order chi connectivity index (χ0) is 11.5. The Morgan fingerprint density at radius 3 is 2.62 bits per heavy atom. The van der Waals surface area contributed by atoms with Gasteiger partial charge in [0.25, 0.3) is 0 Å². The average molecular weight is 218 g/mol. The van der Waals surface area contributed by atoms with Gasteiger partial charge in [-0.3, -0.25) is 0 Å². The van der Waals surface area contributed by atoms with Crippen molar-refractivity contribution in [2.75, 3.05) is 31.2 Å². The van der Waals surface area contributed by atoms with Gasteiger partial charge in [-0.05, 0) is 18.6 Å². The SMILES string of the molecule is Cc1cc(N2CCOCC2)cc(O)c1C#N. The van der Waals surface area contributed by atoms with E-state index in [-0.39, 0.29) is 5.75 Å². The van der Waals surface area contributed by atoms with E-state index in [9.17, 15) is 5.11 Å². The van der Waals surface area contributed by atoms with E-state index in [1.54, 1.807) is 6.07 Å². The highest BCUT2D eigenvalue weighted by atomic mass is 16.5. The van der Waals surface area contributed by atoms with Gasteiger partial charge in [0, 0.05) is 24.8 Å². The van der Waals surface area contributed by atoms with Crippen LogP contribution in [0.1, 0.15) is 11.1 Å². The molecule has 84 valence electrons. The van der Waals surface area contributed by atoms with Gasteiger partial charge in [0.1, 0.15) is 11.8 Å². The third-order valence-electron chi connectivity index (χ3n) is 2.79. The lowest BCUT2D eigenvalue weighted by atomic mass is 10.1. The molecule has 4 nitrogen and oxygen atoms in total. The van der Waals surface area contributed by atoms with Crippen LogP contribution in [0.4, 0.5) is 5.69 Å². The summed E-state index contributed by atoms with van der Waals surface area (Å²) in [4.78, 5) is 2.15. The first-order chi connectivity index (χ1) is 7.72. The first-order valence-electron chi connectivity index (χ1n) is 5.29. The number of rotatable bonds is 1. The van der Waals surface area contributed by atoms with Crippen molar-refractivity contribution in [2.45, 2.75) is 6.92 Å². The minimum absolute atomic E-state index is 0.0593. The molecule has 0 radical (unpaired) electrons. The van der Waals surface area contributed by atoms with Crippen LogP contribution in [-0.2, 0) is 4.74 Å². The molecule has 1 aromatic rings. The zero-order valence-electron chi connectivity index (χ0n) is 9.23. The number of aryl methyl sites for hydroxylation is 1. The molecule has 1 saturated heterocycles. The molecule has 0 atom stereocenters. The van der Waals surface area contributed by atoms with Gasteiger partial charge in [-0.1, -0.05) is 0 Å². The molecule has 1 fully saturated rings. The summed E-state index contributed by atoms with van der Waals surface area (Å²) < 4.78 is 5.27. The van der Waals surface area contributed by atoms with Crippen molar-refractivity contribution in [1.82, 2.24) is 0 Å². The fourth-order valence-corrected chi connectivity index (χ4v) is 1.90. The molecule has 1 aliphatic rings. The van der Waals surface area contributed by atoms with E-state index in [0.717, 1.165) is 24.3 Å². The highest BCUT2D eigenvalue weighted by Crippen LogP contribution is 2.28. The molecule has 2 rings (SSSR count). The predicted octanol–water partition coefficient (Wildman–Crippen LogP) is 1.41. The molecule has 0 bridgehead atoms. The number of aromatic hydroxyl groups is 1. The molecule has 0 saturated carbocycles. The first-order valence-corrected chi connectivity index (χ1v) is 5.29. The lowest BCUT2D eigenvalue weighted by molar-refractivity contribution is 0.122. The summed E-state index contributed by atoms with van der Waals surface area (Å²) in [6.45, 7) is 4.90. The summed E-state index contributed by atoms with van der Waals surface area (Å²) in [6.07, 6.45) is 0. The summed E-state index contributed by atoms with van der Waals surface area (Å²) in [5.41, 5.74) is 2.12. The van der Waals surface area contributed by atoms with Gasteiger partial charge >= 0.3 is 0 Å². The van der Waals surface area contributed by atoms with Crippen LogP contribution in [0.3, 0.4) is 0 Å². The maximum atomic E-state index is 9.72. The third-order valence-corrected chi connectivity index (χ3v) is 2.79. The normalized spacial score (nSPS) is 15.9. The number of benzene rings is 1. The van der Waals surface area contributed by atoms with Crippen LogP contribution in [0.15, 0.2) is 12.1 Å². The third kappa shape index (κ3) is 1.95. The first kappa shape index (κ1) is 10.8. The van der Waals surface area contributed by atoms with E-state index in [0.29, 0.717) is 18.8 Å². The minimum atomic E-state index is 0.0593. The molecule has 0 spiro atoms. The van der Waals surface area contributed by atoms with Gasteiger partial charge < -0.3 is 14.7 Å². The second-order valence-electron chi connectivity index (χ2n) is 3.87. The van der Waals surface area contributed by atoms with Gasteiger partial charge in [0.15, 0.2) is 0 Å². The lowest BCUT2D eigenvalue weighted by Gasteiger charge is -2.29. The molecule has 0 amide bonds. The Hall–Kier alpha value is -1.73. The van der Waals surface area contributed by atoms with Crippen LogP contribution in [-0.4, -0.2) is 31.4 Å². The van der Waals surface area contributed by atoms with Crippen molar-refractivity contribution in [3.05, 3.63) is 23.3 Å². The Labute approximate surface area is 94.7 Å². The van der Waals surface area contributed by atoms with E-state index in [1.807, 2.05) is 19.1 Å². The number of phenols is 1. The maximum absolute atomic E-state index is 9.72. The number of ether oxygens (including phenoxy) is 1. The fraction of sp³-hybridized carbons (Fsp3) is 0.417. The molecule has 0 unspecified atom stereocenters. The number of nitriles is 1. The van der Waals surface area contributed by atoms with E-state index in [4.69, 9.17) is 10.00 Å². The summed E-state index contributed by atoms with van der Waals surface area (Å²) in [5, 5.41) is 18.6. The summed E-state index contributed by atoms with van der Waals surface area (Å²) in [6, 6.07) is 5.58. The van der Waals surface area contributed by atoms with Crippen LogP contribution in [0.2, 0.25) is 0 Å². The molecule has 1 N–H and O–H groups in total. The number of hydrogen-bond acceptors (Lipinski definition) is 4. The number of phenolic OH excluding ortho intramolecular Hbond substituents is 1. The molecule has 1 heterocycles. The number of hydrogen-bond donors (Lipinski definition) is 1. The molecule has 0 aromatic heterocycles. The van der Waals surface area contributed by atoms with Crippen molar-refractivity contribution >= 4 is 5.69 Å². The van der Waals surface area contributed by atoms with E-state index < -0.39 is 0 Å². The Balaban J connectivity index is 2.32. The van der Waals surface area contributed by atoms with Crippen LogP contribution < -0.4 is 4.90 Å². The summed E-state index contributed by atoms with van der Waals surface area (Å²) >= 11 is 0. The van der Waals surface area contributed by atoms with Crippen LogP contribution >= 0.6 is 0 Å². The lowest BCUT2D eigenvalue weighted by Crippen LogP contribution is -2.36. The number of morpholine rings is 1. The Morgan fingerprint density at radius 1 is 1.38 bits per heavy atom. The maximum Gasteiger partial charge on any atom is 0.135 e. The van der Waals surface area contributed by atoms with Gasteiger partial charge in [-0.15, -0.1) is 0 Å². The quantitative estimate of drug-likeness (QED) is 0.774. The van der Waals surface area contributed by atoms with Crippen molar-refractivity contribution in [2.24, 2.45) is 0 Å². The number of nitrogens with zero attached hydrogens (tertiary/aromatic N) is 2. The summed E-state index contributed by atoms with van der Waals surface area (Å²) in [5.74, 6) is 0.0593. The molecule has 0 aliphatic carbocycles. The van der Waals surface area contributed by atoms with Gasteiger partial charge in [0.2, 0.25) is 0 Å². The zero-order valence-corrected chi connectivity index (χ0v) is 9.23. The largest absolute Gasteiger partial charge is 0.506 e. The standard InChI is InChI=1S/C12H14N2O2/c1-9-6-10(7-12(15)11(9)8-13)14-2-4-16-5-3-14/h6-7,15H,2-5H2,1H3. The van der Waals surface area contributed by atoms with Gasteiger partial charge in [-0.2, -0.15) is 5.26 Å². The topological polar surface area (TPSA) is 56.5 Å². The average Bonchev–Trinajstić information content (AvgIpc) is 2.30. The van der Waals surface area contributed by atoms with E-state index >= 15 is 0 Å². The van der Waals surface area contributed by atoms with Crippen molar-refractivity contribution < 1.29 is 9.84 Å². The Kier molecular flexibility index (Phi) is 2.97. The van der Waals surface area contributed by atoms with Crippen molar-refractivity contribution in [3.63, 3.8) is 0 Å². The fourth-order valence-electron chi connectivity index (χ4n) is 1.90. The number of anilines is 1. The van der Waals surface area contributed by atoms with E-state index in [1.165, 1.54) is 0 Å². The second kappa shape index (κ2) is 4.42. The highest BCUT2D eigenvalue weighted by molar-refractivity contribution is 5.60. The van der Waals surface area contributed by atoms with Crippen molar-refractivity contribution in [3.8, 4) is 11.8 Å². The minimum Gasteiger partial charge on any atom is -0.506 e. The molecule has 1 aliphatic heterocycles. The molecular weight excluding hydrogens is 204 g/mol. The Bertz CT molecular complexity index is 408. The molecule has 16 heavy (non-hydrogen) atoms. The monoisotopic (exact) mass is 218 g/mol.